The number of carbonyl (C=O) groups is 3. The molecule has 0 aliphatic carbocycles. The van der Waals surface area contributed by atoms with Gasteiger partial charge in [0.05, 0.1) is 17.7 Å². The van der Waals surface area contributed by atoms with Crippen molar-refractivity contribution in [3.8, 4) is 0 Å². The van der Waals surface area contributed by atoms with Crippen molar-refractivity contribution < 1.29 is 14.4 Å². The molecule has 5 heteroatoms. The van der Waals surface area contributed by atoms with Crippen molar-refractivity contribution in [1.29, 1.82) is 0 Å². The summed E-state index contributed by atoms with van der Waals surface area (Å²) < 4.78 is 0. The fourth-order valence-electron chi connectivity index (χ4n) is 4.27. The Hall–Kier alpha value is -2.95. The van der Waals surface area contributed by atoms with Gasteiger partial charge in [0.1, 0.15) is 0 Å². The first-order valence-corrected chi connectivity index (χ1v) is 9.96. The highest BCUT2D eigenvalue weighted by molar-refractivity contribution is 6.21. The average Bonchev–Trinajstić information content (AvgIpc) is 2.99. The number of likely N-dealkylation sites (tertiary alicyclic amines) is 1. The summed E-state index contributed by atoms with van der Waals surface area (Å²) in [6.07, 6.45) is 4.14. The number of piperidine rings is 1. The van der Waals surface area contributed by atoms with E-state index in [4.69, 9.17) is 0 Å². The van der Waals surface area contributed by atoms with E-state index in [-0.39, 0.29) is 30.3 Å². The van der Waals surface area contributed by atoms with Crippen LogP contribution in [0.15, 0.2) is 48.5 Å². The summed E-state index contributed by atoms with van der Waals surface area (Å²) in [5.74, 6) is -0.599. The number of nitrogens with zero attached hydrogens (tertiary/aromatic N) is 2. The van der Waals surface area contributed by atoms with Crippen LogP contribution in [0.3, 0.4) is 0 Å². The molecule has 3 amide bonds. The first-order valence-electron chi connectivity index (χ1n) is 9.96. The first-order chi connectivity index (χ1) is 13.6. The van der Waals surface area contributed by atoms with Crippen molar-refractivity contribution in [3.63, 3.8) is 0 Å². The number of hydrogen-bond acceptors (Lipinski definition) is 3. The molecule has 144 valence electrons. The number of amides is 3. The van der Waals surface area contributed by atoms with Crippen LogP contribution in [0.5, 0.6) is 0 Å². The monoisotopic (exact) mass is 376 g/mol. The van der Waals surface area contributed by atoms with Crippen LogP contribution in [0.4, 0.5) is 0 Å². The fourth-order valence-corrected chi connectivity index (χ4v) is 4.27. The Morgan fingerprint density at radius 2 is 1.61 bits per heavy atom. The number of benzene rings is 2. The van der Waals surface area contributed by atoms with Crippen LogP contribution in [0.25, 0.3) is 0 Å². The van der Waals surface area contributed by atoms with Crippen LogP contribution in [-0.2, 0) is 6.54 Å². The van der Waals surface area contributed by atoms with Gasteiger partial charge in [0.15, 0.2) is 0 Å². The number of rotatable bonds is 4. The van der Waals surface area contributed by atoms with E-state index >= 15 is 0 Å². The van der Waals surface area contributed by atoms with Gasteiger partial charge in [-0.15, -0.1) is 0 Å². The lowest BCUT2D eigenvalue weighted by Crippen LogP contribution is -2.44. The quantitative estimate of drug-likeness (QED) is 0.761. The van der Waals surface area contributed by atoms with E-state index in [1.807, 2.05) is 23.1 Å². The summed E-state index contributed by atoms with van der Waals surface area (Å²) in [5, 5.41) is 0. The van der Waals surface area contributed by atoms with Crippen LogP contribution < -0.4 is 0 Å². The minimum atomic E-state index is -0.299. The topological polar surface area (TPSA) is 57.7 Å². The molecule has 0 saturated carbocycles. The zero-order chi connectivity index (χ0) is 19.7. The fraction of sp³-hybridized carbons (Fsp3) is 0.348. The molecule has 0 radical (unpaired) electrons. The van der Waals surface area contributed by atoms with Crippen LogP contribution in [0.1, 0.15) is 69.2 Å². The van der Waals surface area contributed by atoms with Crippen LogP contribution in [0, 0.1) is 0 Å². The summed E-state index contributed by atoms with van der Waals surface area (Å²) >= 11 is 0. The average molecular weight is 376 g/mol. The maximum Gasteiger partial charge on any atom is 0.261 e. The highest BCUT2D eigenvalue weighted by Crippen LogP contribution is 2.27. The lowest BCUT2D eigenvalue weighted by molar-refractivity contribution is 0.0590. The van der Waals surface area contributed by atoms with Crippen LogP contribution in [0.2, 0.25) is 0 Å². The van der Waals surface area contributed by atoms with E-state index in [0.717, 1.165) is 32.2 Å². The van der Waals surface area contributed by atoms with Gasteiger partial charge in [0.25, 0.3) is 17.7 Å². The highest BCUT2D eigenvalue weighted by atomic mass is 16.2. The van der Waals surface area contributed by atoms with Crippen molar-refractivity contribution in [2.75, 3.05) is 6.54 Å². The largest absolute Gasteiger partial charge is 0.336 e. The Morgan fingerprint density at radius 1 is 0.964 bits per heavy atom. The lowest BCUT2D eigenvalue weighted by Gasteiger charge is -2.35. The third kappa shape index (κ3) is 3.11. The van der Waals surface area contributed by atoms with E-state index in [2.05, 4.69) is 6.92 Å². The third-order valence-electron chi connectivity index (χ3n) is 5.81. The van der Waals surface area contributed by atoms with Crippen molar-refractivity contribution in [3.05, 3.63) is 70.8 Å². The summed E-state index contributed by atoms with van der Waals surface area (Å²) in [7, 11) is 0. The maximum atomic E-state index is 13.3. The standard InChI is InChI=1S/C23H24N2O3/c1-2-17-10-7-8-14-24(17)21(26)18-11-4-3-9-16(18)15-25-22(27)19-12-5-6-13-20(19)23(25)28/h3-6,9,11-13,17H,2,7-8,10,14-15H2,1H3. The van der Waals surface area contributed by atoms with E-state index in [1.165, 1.54) is 4.90 Å². The predicted molar refractivity (Wildman–Crippen MR) is 106 cm³/mol. The van der Waals surface area contributed by atoms with Gasteiger partial charge in [0.2, 0.25) is 0 Å². The maximum absolute atomic E-state index is 13.3. The van der Waals surface area contributed by atoms with Crippen molar-refractivity contribution >= 4 is 17.7 Å². The predicted octanol–water partition coefficient (Wildman–Crippen LogP) is 3.89. The van der Waals surface area contributed by atoms with Gasteiger partial charge < -0.3 is 4.90 Å². The van der Waals surface area contributed by atoms with Gasteiger partial charge in [-0.05, 0) is 49.4 Å². The van der Waals surface area contributed by atoms with E-state index in [9.17, 15) is 14.4 Å². The second-order valence-corrected chi connectivity index (χ2v) is 7.46. The molecule has 2 aromatic rings. The molecule has 1 saturated heterocycles. The molecule has 1 fully saturated rings. The molecule has 1 atom stereocenters. The molecule has 1 unspecified atom stereocenters. The molecule has 2 aromatic carbocycles. The lowest BCUT2D eigenvalue weighted by atomic mass is 9.97. The molecular formula is C23H24N2O3. The van der Waals surface area contributed by atoms with E-state index < -0.39 is 0 Å². The zero-order valence-electron chi connectivity index (χ0n) is 16.1. The van der Waals surface area contributed by atoms with Gasteiger partial charge in [-0.1, -0.05) is 37.3 Å². The smallest absolute Gasteiger partial charge is 0.261 e. The molecule has 2 aliphatic rings. The molecule has 0 bridgehead atoms. The second kappa shape index (κ2) is 7.58. The molecule has 2 aliphatic heterocycles. The number of hydrogen-bond donors (Lipinski definition) is 0. The van der Waals surface area contributed by atoms with E-state index in [0.29, 0.717) is 22.3 Å². The molecular weight excluding hydrogens is 352 g/mol. The molecule has 2 heterocycles. The van der Waals surface area contributed by atoms with Crippen molar-refractivity contribution in [2.45, 2.75) is 45.2 Å². The Kier molecular flexibility index (Phi) is 4.99. The van der Waals surface area contributed by atoms with Gasteiger partial charge >= 0.3 is 0 Å². The van der Waals surface area contributed by atoms with Crippen LogP contribution >= 0.6 is 0 Å². The first kappa shape index (κ1) is 18.4. The normalized spacial score (nSPS) is 19.1. The van der Waals surface area contributed by atoms with Gasteiger partial charge in [-0.3, -0.25) is 19.3 Å². The molecule has 28 heavy (non-hydrogen) atoms. The molecule has 0 N–H and O–H groups in total. The molecule has 0 spiro atoms. The minimum Gasteiger partial charge on any atom is -0.336 e. The number of fused-ring (bicyclic) bond motifs is 1. The van der Waals surface area contributed by atoms with Crippen LogP contribution in [-0.4, -0.2) is 40.1 Å². The Morgan fingerprint density at radius 3 is 2.29 bits per heavy atom. The molecule has 0 aromatic heterocycles. The Bertz CT molecular complexity index is 902. The van der Waals surface area contributed by atoms with Gasteiger partial charge in [-0.2, -0.15) is 0 Å². The Balaban J connectivity index is 1.62. The van der Waals surface area contributed by atoms with E-state index in [1.54, 1.807) is 30.3 Å². The SMILES string of the molecule is CCC1CCCCN1C(=O)c1ccccc1CN1C(=O)c2ccccc2C1=O. The molecule has 5 nitrogen and oxygen atoms in total. The minimum absolute atomic E-state index is 0.00115. The third-order valence-corrected chi connectivity index (χ3v) is 5.81. The zero-order valence-corrected chi connectivity index (χ0v) is 16.1. The van der Waals surface area contributed by atoms with Gasteiger partial charge in [-0.25, -0.2) is 0 Å². The number of carbonyl (C=O) groups excluding carboxylic acids is 3. The number of imide groups is 1. The summed E-state index contributed by atoms with van der Waals surface area (Å²) in [6, 6.07) is 14.4. The van der Waals surface area contributed by atoms with Crippen molar-refractivity contribution in [1.82, 2.24) is 9.80 Å². The molecule has 4 rings (SSSR count). The Labute approximate surface area is 164 Å². The second-order valence-electron chi connectivity index (χ2n) is 7.46. The summed E-state index contributed by atoms with van der Waals surface area (Å²) in [6.45, 7) is 2.98. The van der Waals surface area contributed by atoms with Gasteiger partial charge in [0, 0.05) is 18.2 Å². The summed E-state index contributed by atoms with van der Waals surface area (Å²) in [4.78, 5) is 41.9. The van der Waals surface area contributed by atoms with Crippen molar-refractivity contribution in [2.24, 2.45) is 0 Å². The highest BCUT2D eigenvalue weighted by Gasteiger charge is 2.36. The summed E-state index contributed by atoms with van der Waals surface area (Å²) in [5.41, 5.74) is 2.15.